The van der Waals surface area contributed by atoms with Crippen molar-refractivity contribution in [2.24, 2.45) is 0 Å². The molecule has 4 rings (SSSR count). The Balaban J connectivity index is 1.81. The SMILES string of the molecule is CCCCN1C(=S)N[C@@H](c2ccccn2)[C@H]1c1cc(C)n(-c2ccc(O)cc2)c1C. The van der Waals surface area contributed by atoms with Crippen LogP contribution in [0.15, 0.2) is 54.7 Å². The van der Waals surface area contributed by atoms with Gasteiger partial charge in [-0.15, -0.1) is 0 Å². The molecule has 0 bridgehead atoms. The number of benzene rings is 1. The Kier molecular flexibility index (Phi) is 5.77. The van der Waals surface area contributed by atoms with Crippen LogP contribution in [0.25, 0.3) is 5.69 Å². The number of phenolic OH excluding ortho intramolecular Hbond substituents is 1. The van der Waals surface area contributed by atoms with Gasteiger partial charge in [0.15, 0.2) is 5.11 Å². The second-order valence-corrected chi connectivity index (χ2v) is 8.24. The molecule has 1 aliphatic rings. The number of pyridine rings is 1. The summed E-state index contributed by atoms with van der Waals surface area (Å²) >= 11 is 5.75. The van der Waals surface area contributed by atoms with Crippen molar-refractivity contribution in [2.45, 2.75) is 45.7 Å². The van der Waals surface area contributed by atoms with Crippen LogP contribution < -0.4 is 5.32 Å². The first-order valence-electron chi connectivity index (χ1n) is 10.5. The Morgan fingerprint density at radius 2 is 1.90 bits per heavy atom. The van der Waals surface area contributed by atoms with Crippen LogP contribution >= 0.6 is 12.2 Å². The van der Waals surface area contributed by atoms with Gasteiger partial charge in [-0.05, 0) is 80.5 Å². The van der Waals surface area contributed by atoms with Crippen molar-refractivity contribution >= 4 is 17.3 Å². The molecule has 0 saturated carbocycles. The molecular formula is C24H28N4OS. The highest BCUT2D eigenvalue weighted by molar-refractivity contribution is 7.80. The highest BCUT2D eigenvalue weighted by Gasteiger charge is 2.41. The second kappa shape index (κ2) is 8.48. The highest BCUT2D eigenvalue weighted by atomic mass is 32.1. The molecule has 0 aliphatic carbocycles. The predicted octanol–water partition coefficient (Wildman–Crippen LogP) is 4.97. The second-order valence-electron chi connectivity index (χ2n) is 7.85. The number of rotatable bonds is 6. The van der Waals surface area contributed by atoms with Crippen LogP contribution in [0.4, 0.5) is 0 Å². The van der Waals surface area contributed by atoms with E-state index < -0.39 is 0 Å². The summed E-state index contributed by atoms with van der Waals surface area (Å²) in [6.07, 6.45) is 4.04. The van der Waals surface area contributed by atoms with Gasteiger partial charge in [0.1, 0.15) is 5.75 Å². The number of nitrogens with one attached hydrogen (secondary N) is 1. The Morgan fingerprint density at radius 1 is 1.13 bits per heavy atom. The van der Waals surface area contributed by atoms with Crippen molar-refractivity contribution in [1.82, 2.24) is 19.8 Å². The Labute approximate surface area is 183 Å². The number of aryl methyl sites for hydroxylation is 1. The molecular weight excluding hydrogens is 392 g/mol. The molecule has 0 spiro atoms. The molecule has 5 nitrogen and oxygen atoms in total. The fourth-order valence-corrected chi connectivity index (χ4v) is 4.73. The lowest BCUT2D eigenvalue weighted by Gasteiger charge is -2.28. The molecule has 1 aliphatic heterocycles. The molecule has 3 heterocycles. The number of hydrogen-bond donors (Lipinski definition) is 2. The molecule has 6 heteroatoms. The third-order valence-electron chi connectivity index (χ3n) is 5.85. The largest absolute Gasteiger partial charge is 0.508 e. The first kappa shape index (κ1) is 20.4. The lowest BCUT2D eigenvalue weighted by molar-refractivity contribution is 0.312. The fourth-order valence-electron chi connectivity index (χ4n) is 4.40. The summed E-state index contributed by atoms with van der Waals surface area (Å²) in [6, 6.07) is 15.7. The van der Waals surface area contributed by atoms with Crippen LogP contribution in [0.2, 0.25) is 0 Å². The molecule has 2 aromatic heterocycles. The molecule has 1 fully saturated rings. The monoisotopic (exact) mass is 420 g/mol. The molecule has 2 atom stereocenters. The molecule has 1 aromatic carbocycles. The summed E-state index contributed by atoms with van der Waals surface area (Å²) in [5.74, 6) is 0.271. The molecule has 3 aromatic rings. The molecule has 1 saturated heterocycles. The summed E-state index contributed by atoms with van der Waals surface area (Å²) in [6.45, 7) is 7.40. The van der Waals surface area contributed by atoms with E-state index in [1.54, 1.807) is 12.1 Å². The number of thiocarbonyl (C=S) groups is 1. The summed E-state index contributed by atoms with van der Waals surface area (Å²) in [5, 5.41) is 14.0. The van der Waals surface area contributed by atoms with Crippen LogP contribution in [0.5, 0.6) is 5.75 Å². The lowest BCUT2D eigenvalue weighted by Crippen LogP contribution is -2.30. The van der Waals surface area contributed by atoms with Crippen molar-refractivity contribution in [2.75, 3.05) is 6.54 Å². The summed E-state index contributed by atoms with van der Waals surface area (Å²) in [4.78, 5) is 6.95. The van der Waals surface area contributed by atoms with Gasteiger partial charge in [0, 0.05) is 29.8 Å². The Morgan fingerprint density at radius 3 is 2.57 bits per heavy atom. The van der Waals surface area contributed by atoms with Crippen molar-refractivity contribution in [3.8, 4) is 11.4 Å². The summed E-state index contributed by atoms with van der Waals surface area (Å²) < 4.78 is 2.24. The Hall–Kier alpha value is -2.86. The zero-order chi connectivity index (χ0) is 21.3. The van der Waals surface area contributed by atoms with Crippen molar-refractivity contribution in [3.63, 3.8) is 0 Å². The van der Waals surface area contributed by atoms with Gasteiger partial charge in [-0.25, -0.2) is 0 Å². The van der Waals surface area contributed by atoms with E-state index >= 15 is 0 Å². The zero-order valence-corrected chi connectivity index (χ0v) is 18.5. The van der Waals surface area contributed by atoms with Gasteiger partial charge >= 0.3 is 0 Å². The maximum absolute atomic E-state index is 9.68. The van der Waals surface area contributed by atoms with Gasteiger partial charge in [-0.3, -0.25) is 4.98 Å². The van der Waals surface area contributed by atoms with E-state index in [1.807, 2.05) is 30.5 Å². The van der Waals surface area contributed by atoms with Gasteiger partial charge in [0.05, 0.1) is 17.8 Å². The van der Waals surface area contributed by atoms with E-state index in [9.17, 15) is 5.11 Å². The first-order chi connectivity index (χ1) is 14.5. The predicted molar refractivity (Wildman–Crippen MR) is 124 cm³/mol. The van der Waals surface area contributed by atoms with Gasteiger partial charge in [0.2, 0.25) is 0 Å². The van der Waals surface area contributed by atoms with Crippen LogP contribution in [-0.4, -0.2) is 31.2 Å². The van der Waals surface area contributed by atoms with E-state index in [2.05, 4.69) is 52.7 Å². The zero-order valence-electron chi connectivity index (χ0n) is 17.7. The lowest BCUT2D eigenvalue weighted by atomic mass is 9.96. The fraction of sp³-hybridized carbons (Fsp3) is 0.333. The number of aromatic nitrogens is 2. The van der Waals surface area contributed by atoms with Crippen molar-refractivity contribution in [3.05, 3.63) is 77.4 Å². The summed E-state index contributed by atoms with van der Waals surface area (Å²) in [5.41, 5.74) is 5.62. The van der Waals surface area contributed by atoms with Gasteiger partial charge in [0.25, 0.3) is 0 Å². The average molecular weight is 421 g/mol. The van der Waals surface area contributed by atoms with Crippen molar-refractivity contribution < 1.29 is 5.11 Å². The minimum atomic E-state index is 0.00400. The maximum Gasteiger partial charge on any atom is 0.170 e. The normalized spacial score (nSPS) is 18.6. The molecule has 30 heavy (non-hydrogen) atoms. The van der Waals surface area contributed by atoms with Crippen molar-refractivity contribution in [1.29, 1.82) is 0 Å². The van der Waals surface area contributed by atoms with Gasteiger partial charge in [-0.2, -0.15) is 0 Å². The number of nitrogens with zero attached hydrogens (tertiary/aromatic N) is 3. The Bertz CT molecular complexity index is 1030. The van der Waals surface area contributed by atoms with Gasteiger partial charge in [-0.1, -0.05) is 19.4 Å². The third kappa shape index (κ3) is 3.67. The minimum Gasteiger partial charge on any atom is -0.508 e. The number of unbranched alkanes of at least 4 members (excludes halogenated alkanes) is 1. The van der Waals surface area contributed by atoms with E-state index in [0.717, 1.165) is 41.6 Å². The number of hydrogen-bond acceptors (Lipinski definition) is 3. The molecule has 156 valence electrons. The first-order valence-corrected chi connectivity index (χ1v) is 10.9. The third-order valence-corrected chi connectivity index (χ3v) is 6.20. The van der Waals surface area contributed by atoms with Crippen LogP contribution in [-0.2, 0) is 0 Å². The van der Waals surface area contributed by atoms with Crippen LogP contribution in [0.3, 0.4) is 0 Å². The highest BCUT2D eigenvalue weighted by Crippen LogP contribution is 2.41. The van der Waals surface area contributed by atoms with E-state index in [0.29, 0.717) is 0 Å². The standard InChI is InChI=1S/C24H28N4OS/c1-4-5-14-27-23(22(26-24(27)30)21-8-6-7-13-25-21)20-15-16(2)28(17(20)3)18-9-11-19(29)12-10-18/h6-13,15,22-23,29H,4-5,14H2,1-3H3,(H,26,30)/t22-,23+/m0/s1. The quantitative estimate of drug-likeness (QED) is 0.552. The smallest absolute Gasteiger partial charge is 0.170 e. The van der Waals surface area contributed by atoms with Crippen LogP contribution in [0.1, 0.15) is 54.5 Å². The van der Waals surface area contributed by atoms with E-state index in [-0.39, 0.29) is 17.8 Å². The summed E-state index contributed by atoms with van der Waals surface area (Å²) in [7, 11) is 0. The topological polar surface area (TPSA) is 53.3 Å². The van der Waals surface area contributed by atoms with E-state index in [1.165, 1.54) is 11.3 Å². The molecule has 0 radical (unpaired) electrons. The van der Waals surface area contributed by atoms with E-state index in [4.69, 9.17) is 12.2 Å². The molecule has 0 unspecified atom stereocenters. The van der Waals surface area contributed by atoms with Crippen LogP contribution in [0, 0.1) is 13.8 Å². The number of phenols is 1. The maximum atomic E-state index is 9.68. The molecule has 0 amide bonds. The molecule has 2 N–H and O–H groups in total. The van der Waals surface area contributed by atoms with Gasteiger partial charge < -0.3 is 19.9 Å². The average Bonchev–Trinajstić information content (AvgIpc) is 3.23. The number of aromatic hydroxyl groups is 1. The minimum absolute atomic E-state index is 0.00400.